The number of halogens is 1. The molecule has 1 heterocycles. The summed E-state index contributed by atoms with van der Waals surface area (Å²) in [6, 6.07) is 5.12. The van der Waals surface area contributed by atoms with Crippen LogP contribution in [0.25, 0.3) is 0 Å². The van der Waals surface area contributed by atoms with Crippen molar-refractivity contribution in [1.29, 1.82) is 0 Å². The van der Waals surface area contributed by atoms with Crippen LogP contribution in [0, 0.1) is 18.7 Å². The fourth-order valence-corrected chi connectivity index (χ4v) is 3.70. The average molecular weight is 290 g/mol. The topological polar surface area (TPSA) is 41.1 Å². The lowest BCUT2D eigenvalue weighted by molar-refractivity contribution is -0.119. The summed E-state index contributed by atoms with van der Waals surface area (Å²) < 4.78 is 13.8. The average Bonchev–Trinajstić information content (AvgIpc) is 2.50. The highest BCUT2D eigenvalue weighted by Crippen LogP contribution is 2.32. The Morgan fingerprint density at radius 3 is 2.86 bits per heavy atom. The van der Waals surface area contributed by atoms with Crippen molar-refractivity contribution < 1.29 is 9.18 Å². The molecule has 114 valence electrons. The van der Waals surface area contributed by atoms with E-state index in [2.05, 4.69) is 10.6 Å². The molecule has 1 aromatic rings. The summed E-state index contributed by atoms with van der Waals surface area (Å²) in [6.45, 7) is 1.81. The number of rotatable bonds is 2. The van der Waals surface area contributed by atoms with Gasteiger partial charge in [-0.15, -0.1) is 0 Å². The van der Waals surface area contributed by atoms with Crippen LogP contribution in [0.5, 0.6) is 0 Å². The summed E-state index contributed by atoms with van der Waals surface area (Å²) in [7, 11) is 0. The van der Waals surface area contributed by atoms with Gasteiger partial charge in [0.2, 0.25) is 5.91 Å². The van der Waals surface area contributed by atoms with E-state index in [-0.39, 0.29) is 17.8 Å². The number of para-hydroxylation sites is 1. The molecule has 3 rings (SSSR count). The van der Waals surface area contributed by atoms with Gasteiger partial charge in [-0.2, -0.15) is 0 Å². The van der Waals surface area contributed by atoms with E-state index in [0.717, 1.165) is 30.7 Å². The van der Waals surface area contributed by atoms with Crippen molar-refractivity contribution >= 4 is 11.6 Å². The maximum Gasteiger partial charge on any atom is 0.241 e. The maximum absolute atomic E-state index is 13.8. The maximum atomic E-state index is 13.8. The Labute approximate surface area is 125 Å². The molecule has 0 bridgehead atoms. The van der Waals surface area contributed by atoms with Gasteiger partial charge in [-0.25, -0.2) is 4.39 Å². The normalized spacial score (nSPS) is 28.8. The highest BCUT2D eigenvalue weighted by molar-refractivity contribution is 5.95. The summed E-state index contributed by atoms with van der Waals surface area (Å²) in [5.74, 6) is 0.250. The third kappa shape index (κ3) is 3.10. The lowest BCUT2D eigenvalue weighted by atomic mass is 9.77. The SMILES string of the molecule is Cc1cccc(F)c1NC(=O)C1CCC2CCCCC2N1. The van der Waals surface area contributed by atoms with Gasteiger partial charge in [-0.1, -0.05) is 25.0 Å². The zero-order valence-corrected chi connectivity index (χ0v) is 12.5. The third-order valence-electron chi connectivity index (χ3n) is 4.94. The highest BCUT2D eigenvalue weighted by Gasteiger charge is 2.34. The summed E-state index contributed by atoms with van der Waals surface area (Å²) in [5.41, 5.74) is 1.07. The lowest BCUT2D eigenvalue weighted by Gasteiger charge is -2.39. The van der Waals surface area contributed by atoms with Crippen molar-refractivity contribution in [3.63, 3.8) is 0 Å². The van der Waals surface area contributed by atoms with Crippen molar-refractivity contribution in [3.8, 4) is 0 Å². The van der Waals surface area contributed by atoms with Crippen LogP contribution in [-0.2, 0) is 4.79 Å². The zero-order chi connectivity index (χ0) is 14.8. The monoisotopic (exact) mass is 290 g/mol. The highest BCUT2D eigenvalue weighted by atomic mass is 19.1. The van der Waals surface area contributed by atoms with Crippen molar-refractivity contribution in [2.45, 2.75) is 57.5 Å². The van der Waals surface area contributed by atoms with Crippen LogP contribution < -0.4 is 10.6 Å². The molecule has 1 aliphatic carbocycles. The molecule has 0 radical (unpaired) electrons. The molecule has 1 saturated carbocycles. The molecule has 0 aromatic heterocycles. The van der Waals surface area contributed by atoms with E-state index in [1.165, 1.54) is 25.3 Å². The van der Waals surface area contributed by atoms with E-state index in [4.69, 9.17) is 0 Å². The number of amides is 1. The van der Waals surface area contributed by atoms with E-state index >= 15 is 0 Å². The second-order valence-electron chi connectivity index (χ2n) is 6.37. The first-order valence-corrected chi connectivity index (χ1v) is 7.97. The zero-order valence-electron chi connectivity index (χ0n) is 12.5. The van der Waals surface area contributed by atoms with Crippen LogP contribution in [0.1, 0.15) is 44.1 Å². The summed E-state index contributed by atoms with van der Waals surface area (Å²) in [4.78, 5) is 12.4. The molecule has 3 atom stereocenters. The minimum absolute atomic E-state index is 0.104. The van der Waals surface area contributed by atoms with Gasteiger partial charge < -0.3 is 10.6 Å². The number of hydrogen-bond donors (Lipinski definition) is 2. The first-order chi connectivity index (χ1) is 10.1. The Balaban J connectivity index is 1.66. The predicted molar refractivity (Wildman–Crippen MR) is 81.7 cm³/mol. The predicted octanol–water partition coefficient (Wildman–Crippen LogP) is 3.38. The van der Waals surface area contributed by atoms with Crippen LogP contribution >= 0.6 is 0 Å². The van der Waals surface area contributed by atoms with Crippen molar-refractivity contribution in [3.05, 3.63) is 29.6 Å². The van der Waals surface area contributed by atoms with Crippen LogP contribution in [0.3, 0.4) is 0 Å². The first kappa shape index (κ1) is 14.5. The number of hydrogen-bond acceptors (Lipinski definition) is 2. The number of benzene rings is 1. The van der Waals surface area contributed by atoms with Crippen LogP contribution in [-0.4, -0.2) is 18.0 Å². The fourth-order valence-electron chi connectivity index (χ4n) is 3.70. The Morgan fingerprint density at radius 2 is 2.05 bits per heavy atom. The standard InChI is InChI=1S/C17H23FN2O/c1-11-5-4-7-13(18)16(11)20-17(21)15-10-9-12-6-2-3-8-14(12)19-15/h4-5,7,12,14-15,19H,2-3,6,8-10H2,1H3,(H,20,21). The van der Waals surface area contributed by atoms with Gasteiger partial charge in [0.15, 0.2) is 0 Å². The second kappa shape index (κ2) is 6.14. The molecular formula is C17H23FN2O. The molecule has 1 saturated heterocycles. The second-order valence-corrected chi connectivity index (χ2v) is 6.37. The lowest BCUT2D eigenvalue weighted by Crippen LogP contribution is -2.53. The van der Waals surface area contributed by atoms with Gasteiger partial charge >= 0.3 is 0 Å². The summed E-state index contributed by atoms with van der Waals surface area (Å²) in [6.07, 6.45) is 6.95. The Kier molecular flexibility index (Phi) is 4.24. The molecule has 2 N–H and O–H groups in total. The van der Waals surface area contributed by atoms with Crippen molar-refractivity contribution in [2.24, 2.45) is 5.92 Å². The summed E-state index contributed by atoms with van der Waals surface area (Å²) >= 11 is 0. The third-order valence-corrected chi connectivity index (χ3v) is 4.94. The molecule has 2 aliphatic rings. The van der Waals surface area contributed by atoms with E-state index in [0.29, 0.717) is 11.7 Å². The Morgan fingerprint density at radius 1 is 1.24 bits per heavy atom. The number of nitrogens with one attached hydrogen (secondary N) is 2. The fraction of sp³-hybridized carbons (Fsp3) is 0.588. The molecule has 3 nitrogen and oxygen atoms in total. The molecular weight excluding hydrogens is 267 g/mol. The smallest absolute Gasteiger partial charge is 0.241 e. The molecule has 2 fully saturated rings. The number of aryl methyl sites for hydroxylation is 1. The first-order valence-electron chi connectivity index (χ1n) is 7.97. The Bertz CT molecular complexity index is 511. The number of piperidine rings is 1. The van der Waals surface area contributed by atoms with E-state index < -0.39 is 0 Å². The number of carbonyl (C=O) groups is 1. The van der Waals surface area contributed by atoms with Gasteiger partial charge in [-0.3, -0.25) is 4.79 Å². The molecule has 3 unspecified atom stereocenters. The van der Waals surface area contributed by atoms with Crippen LogP contribution in [0.2, 0.25) is 0 Å². The minimum atomic E-state index is -0.366. The van der Waals surface area contributed by atoms with Gasteiger partial charge in [0.05, 0.1) is 11.7 Å². The van der Waals surface area contributed by atoms with Crippen molar-refractivity contribution in [2.75, 3.05) is 5.32 Å². The van der Waals surface area contributed by atoms with Gasteiger partial charge in [0.1, 0.15) is 5.82 Å². The van der Waals surface area contributed by atoms with Gasteiger partial charge in [0, 0.05) is 6.04 Å². The molecule has 21 heavy (non-hydrogen) atoms. The molecule has 1 aromatic carbocycles. The van der Waals surface area contributed by atoms with Crippen LogP contribution in [0.4, 0.5) is 10.1 Å². The number of anilines is 1. The van der Waals surface area contributed by atoms with E-state index in [9.17, 15) is 9.18 Å². The number of carbonyl (C=O) groups excluding carboxylic acids is 1. The molecule has 0 spiro atoms. The van der Waals surface area contributed by atoms with E-state index in [1.54, 1.807) is 6.07 Å². The quantitative estimate of drug-likeness (QED) is 0.876. The summed E-state index contributed by atoms with van der Waals surface area (Å²) in [5, 5.41) is 6.25. The van der Waals surface area contributed by atoms with Gasteiger partial charge in [0.25, 0.3) is 0 Å². The Hall–Kier alpha value is -1.42. The molecule has 1 amide bonds. The van der Waals surface area contributed by atoms with Crippen molar-refractivity contribution in [1.82, 2.24) is 5.32 Å². The molecule has 1 aliphatic heterocycles. The minimum Gasteiger partial charge on any atom is -0.322 e. The van der Waals surface area contributed by atoms with E-state index in [1.807, 2.05) is 13.0 Å². The number of fused-ring (bicyclic) bond motifs is 1. The van der Waals surface area contributed by atoms with Gasteiger partial charge in [-0.05, 0) is 50.2 Å². The van der Waals surface area contributed by atoms with Crippen LogP contribution in [0.15, 0.2) is 18.2 Å². The molecule has 4 heteroatoms. The largest absolute Gasteiger partial charge is 0.322 e.